The Kier molecular flexibility index (Phi) is 6.33. The number of H-pyrrole nitrogens is 1. The number of amides is 1. The summed E-state index contributed by atoms with van der Waals surface area (Å²) in [7, 11) is 0. The van der Waals surface area contributed by atoms with E-state index in [1.165, 1.54) is 10.8 Å². The van der Waals surface area contributed by atoms with Gasteiger partial charge in [0.2, 0.25) is 5.91 Å². The van der Waals surface area contributed by atoms with Gasteiger partial charge in [-0.3, -0.25) is 24.1 Å². The van der Waals surface area contributed by atoms with Gasteiger partial charge in [-0.1, -0.05) is 18.2 Å². The van der Waals surface area contributed by atoms with Gasteiger partial charge in [-0.2, -0.15) is 0 Å². The molecule has 0 unspecified atom stereocenters. The molecule has 0 spiro atoms. The quantitative estimate of drug-likeness (QED) is 0.551. The van der Waals surface area contributed by atoms with E-state index >= 15 is 0 Å². The molecule has 2 aromatic heterocycles. The van der Waals surface area contributed by atoms with Crippen LogP contribution >= 0.6 is 0 Å². The molecule has 1 fully saturated rings. The molecule has 1 aliphatic heterocycles. The molecule has 2 atom stereocenters. The second-order valence-electron chi connectivity index (χ2n) is 8.74. The lowest BCUT2D eigenvalue weighted by molar-refractivity contribution is -0.141. The molecule has 0 radical (unpaired) electrons. The van der Waals surface area contributed by atoms with Gasteiger partial charge in [0.05, 0.1) is 19.2 Å². The maximum Gasteiger partial charge on any atom is 0.328 e. The zero-order valence-electron chi connectivity index (χ0n) is 18.8. The summed E-state index contributed by atoms with van der Waals surface area (Å²) in [6.45, 7) is 4.12. The number of carbonyl (C=O) groups is 1. The predicted octanol–water partition coefficient (Wildman–Crippen LogP) is 1.78. The van der Waals surface area contributed by atoms with Crippen LogP contribution in [0.3, 0.4) is 0 Å². The van der Waals surface area contributed by atoms with Crippen LogP contribution in [0.15, 0.2) is 52.3 Å². The van der Waals surface area contributed by atoms with Crippen molar-refractivity contribution in [3.8, 4) is 5.75 Å². The Hall–Kier alpha value is -3.46. The maximum absolute atomic E-state index is 12.7. The molecule has 174 valence electrons. The molecule has 1 saturated heterocycles. The number of rotatable bonds is 6. The lowest BCUT2D eigenvalue weighted by atomic mass is 9.88. The minimum Gasteiger partial charge on any atom is -0.491 e. The smallest absolute Gasteiger partial charge is 0.328 e. The molecule has 1 aliphatic rings. The molecule has 2 N–H and O–H groups in total. The molecule has 3 heterocycles. The van der Waals surface area contributed by atoms with Gasteiger partial charge in [-0.05, 0) is 38.8 Å². The number of hydrogen-bond donors (Lipinski definition) is 2. The highest BCUT2D eigenvalue weighted by molar-refractivity contribution is 5.84. The summed E-state index contributed by atoms with van der Waals surface area (Å²) in [6.07, 6.45) is 4.41. The SMILES string of the molecule is Cc1cn([C@H]2CCN(C(=O)CCCOc3cccc4cccnc34)C[C@]2(C)O)c(=O)[nH]c1=O. The maximum atomic E-state index is 12.7. The zero-order valence-corrected chi connectivity index (χ0v) is 18.8. The molecule has 9 heteroatoms. The number of aromatic amines is 1. The van der Waals surface area contributed by atoms with Crippen LogP contribution in [0.5, 0.6) is 5.75 Å². The molecule has 4 rings (SSSR count). The van der Waals surface area contributed by atoms with Crippen molar-refractivity contribution in [3.05, 3.63) is 69.1 Å². The van der Waals surface area contributed by atoms with Crippen molar-refractivity contribution in [3.63, 3.8) is 0 Å². The summed E-state index contributed by atoms with van der Waals surface area (Å²) in [5.41, 5.74) is -1.13. The van der Waals surface area contributed by atoms with E-state index in [4.69, 9.17) is 4.74 Å². The topological polar surface area (TPSA) is 118 Å². The van der Waals surface area contributed by atoms with Gasteiger partial charge in [0, 0.05) is 36.3 Å². The highest BCUT2D eigenvalue weighted by atomic mass is 16.5. The van der Waals surface area contributed by atoms with Crippen LogP contribution in [0.1, 0.15) is 37.8 Å². The largest absolute Gasteiger partial charge is 0.491 e. The van der Waals surface area contributed by atoms with E-state index in [1.807, 2.05) is 30.3 Å². The van der Waals surface area contributed by atoms with Crippen molar-refractivity contribution < 1.29 is 14.6 Å². The number of nitrogens with zero attached hydrogens (tertiary/aromatic N) is 3. The Bertz CT molecular complexity index is 1270. The Morgan fingerprint density at radius 2 is 2.09 bits per heavy atom. The number of likely N-dealkylation sites (tertiary alicyclic amines) is 1. The fourth-order valence-corrected chi connectivity index (χ4v) is 4.39. The first-order valence-electron chi connectivity index (χ1n) is 11.0. The van der Waals surface area contributed by atoms with Crippen LogP contribution < -0.4 is 16.0 Å². The lowest BCUT2D eigenvalue weighted by Crippen LogP contribution is -2.56. The van der Waals surface area contributed by atoms with Crippen LogP contribution in [0, 0.1) is 6.92 Å². The summed E-state index contributed by atoms with van der Waals surface area (Å²) in [5.74, 6) is 0.615. The van der Waals surface area contributed by atoms with Gasteiger partial charge in [0.25, 0.3) is 5.56 Å². The first-order chi connectivity index (χ1) is 15.8. The summed E-state index contributed by atoms with van der Waals surface area (Å²) in [6, 6.07) is 9.04. The second kappa shape index (κ2) is 9.19. The van der Waals surface area contributed by atoms with E-state index in [9.17, 15) is 19.5 Å². The van der Waals surface area contributed by atoms with Gasteiger partial charge >= 0.3 is 5.69 Å². The summed E-state index contributed by atoms with van der Waals surface area (Å²) >= 11 is 0. The number of aryl methyl sites for hydroxylation is 1. The number of piperidine rings is 1. The van der Waals surface area contributed by atoms with E-state index in [0.29, 0.717) is 37.3 Å². The number of aliphatic hydroxyl groups is 1. The third-order valence-corrected chi connectivity index (χ3v) is 6.12. The van der Waals surface area contributed by atoms with Crippen LogP contribution in [-0.2, 0) is 4.79 Å². The van der Waals surface area contributed by atoms with E-state index in [-0.39, 0.29) is 18.9 Å². The minimum atomic E-state index is -1.31. The van der Waals surface area contributed by atoms with Crippen molar-refractivity contribution in [2.24, 2.45) is 0 Å². The molecule has 1 amide bonds. The number of nitrogens with one attached hydrogen (secondary N) is 1. The molecule has 9 nitrogen and oxygen atoms in total. The molecule has 3 aromatic rings. The number of ether oxygens (including phenoxy) is 1. The van der Waals surface area contributed by atoms with Crippen LogP contribution in [0.2, 0.25) is 0 Å². The molecule has 0 saturated carbocycles. The molecule has 33 heavy (non-hydrogen) atoms. The van der Waals surface area contributed by atoms with E-state index < -0.39 is 22.9 Å². The van der Waals surface area contributed by atoms with Gasteiger partial charge < -0.3 is 14.7 Å². The average Bonchev–Trinajstić information content (AvgIpc) is 2.78. The Labute approximate surface area is 190 Å². The van der Waals surface area contributed by atoms with Crippen molar-refractivity contribution in [1.82, 2.24) is 19.4 Å². The third kappa shape index (κ3) is 4.83. The van der Waals surface area contributed by atoms with E-state index in [0.717, 1.165) is 10.9 Å². The number of hydrogen-bond acceptors (Lipinski definition) is 6. The van der Waals surface area contributed by atoms with Crippen LogP contribution in [-0.4, -0.2) is 55.7 Å². The summed E-state index contributed by atoms with van der Waals surface area (Å²) in [5, 5.41) is 12.0. The standard InChI is InChI=1S/C24H28N4O5/c1-16-14-28(23(31)26-22(16)30)19-10-12-27(15-24(19,2)32)20(29)9-5-13-33-18-8-3-6-17-7-4-11-25-21(17)18/h3-4,6-8,11,14,19,32H,5,9-10,12-13,15H2,1-2H3,(H,26,30,31)/t19-,24-/m0/s1. The van der Waals surface area contributed by atoms with Crippen molar-refractivity contribution in [1.29, 1.82) is 0 Å². The zero-order chi connectivity index (χ0) is 23.6. The van der Waals surface area contributed by atoms with Gasteiger partial charge in [-0.15, -0.1) is 0 Å². The number of carbonyl (C=O) groups excluding carboxylic acids is 1. The normalized spacial score (nSPS) is 20.7. The second-order valence-corrected chi connectivity index (χ2v) is 8.74. The monoisotopic (exact) mass is 452 g/mol. The molecular formula is C24H28N4O5. The number of β-amino-alcohol motifs (C(OH)–C–C–N with tert-alkyl or cyclic N) is 1. The van der Waals surface area contributed by atoms with Gasteiger partial charge in [-0.25, -0.2) is 4.79 Å². The number of benzene rings is 1. The highest BCUT2D eigenvalue weighted by Crippen LogP contribution is 2.31. The highest BCUT2D eigenvalue weighted by Gasteiger charge is 2.41. The van der Waals surface area contributed by atoms with Gasteiger partial charge in [0.15, 0.2) is 0 Å². The molecule has 0 aliphatic carbocycles. The Morgan fingerprint density at radius 1 is 1.30 bits per heavy atom. The first kappa shape index (κ1) is 22.7. The Balaban J connectivity index is 1.33. The third-order valence-electron chi connectivity index (χ3n) is 6.12. The van der Waals surface area contributed by atoms with Crippen molar-refractivity contribution in [2.75, 3.05) is 19.7 Å². The number of pyridine rings is 1. The van der Waals surface area contributed by atoms with E-state index in [2.05, 4.69) is 9.97 Å². The first-order valence-corrected chi connectivity index (χ1v) is 11.0. The summed E-state index contributed by atoms with van der Waals surface area (Å²) in [4.78, 5) is 44.9. The van der Waals surface area contributed by atoms with Crippen LogP contribution in [0.4, 0.5) is 0 Å². The van der Waals surface area contributed by atoms with E-state index in [1.54, 1.807) is 24.9 Å². The fraction of sp³-hybridized carbons (Fsp3) is 0.417. The van der Waals surface area contributed by atoms with Crippen molar-refractivity contribution >= 4 is 16.8 Å². The predicted molar refractivity (Wildman–Crippen MR) is 123 cm³/mol. The van der Waals surface area contributed by atoms with Crippen LogP contribution in [0.25, 0.3) is 10.9 Å². The van der Waals surface area contributed by atoms with Gasteiger partial charge in [0.1, 0.15) is 16.9 Å². The molecule has 1 aromatic carbocycles. The number of para-hydroxylation sites is 1. The summed E-state index contributed by atoms with van der Waals surface area (Å²) < 4.78 is 7.22. The fourth-order valence-electron chi connectivity index (χ4n) is 4.39. The number of fused-ring (bicyclic) bond motifs is 1. The number of aromatic nitrogens is 3. The Morgan fingerprint density at radius 3 is 2.88 bits per heavy atom. The minimum absolute atomic E-state index is 0.0710. The molecule has 0 bridgehead atoms. The molecular weight excluding hydrogens is 424 g/mol. The average molecular weight is 453 g/mol. The van der Waals surface area contributed by atoms with Crippen molar-refractivity contribution in [2.45, 2.75) is 44.8 Å². The lowest BCUT2D eigenvalue weighted by Gasteiger charge is -2.43.